The van der Waals surface area contributed by atoms with Gasteiger partial charge >= 0.3 is 0 Å². The average Bonchev–Trinajstić information content (AvgIpc) is 2.34. The normalized spacial score (nSPS) is 10.4. The maximum Gasteiger partial charge on any atom is 0.122 e. The van der Waals surface area contributed by atoms with E-state index in [0.717, 1.165) is 31.8 Å². The molecule has 0 aliphatic rings. The van der Waals surface area contributed by atoms with Gasteiger partial charge in [0.15, 0.2) is 0 Å². The average molecular weight is 222 g/mol. The fourth-order valence-corrected chi connectivity index (χ4v) is 1.75. The van der Waals surface area contributed by atoms with Crippen LogP contribution < -0.4 is 4.74 Å². The molecule has 0 heterocycles. The zero-order valence-electron chi connectivity index (χ0n) is 10.4. The van der Waals surface area contributed by atoms with Gasteiger partial charge in [-0.3, -0.25) is 0 Å². The van der Waals surface area contributed by atoms with Crippen molar-refractivity contribution in [1.29, 1.82) is 0 Å². The summed E-state index contributed by atoms with van der Waals surface area (Å²) in [6.45, 7) is 3.75. The molecule has 0 unspecified atom stereocenters. The Balaban J connectivity index is 2.21. The number of hydrogen-bond acceptors (Lipinski definition) is 2. The highest BCUT2D eigenvalue weighted by Gasteiger charge is 2.00. The maximum atomic E-state index is 5.32. The lowest BCUT2D eigenvalue weighted by Gasteiger charge is -2.07. The summed E-state index contributed by atoms with van der Waals surface area (Å²) in [5.74, 6) is 1.01. The minimum atomic E-state index is 0.826. The topological polar surface area (TPSA) is 18.5 Å². The van der Waals surface area contributed by atoms with Crippen molar-refractivity contribution in [2.24, 2.45) is 0 Å². The van der Waals surface area contributed by atoms with Crippen molar-refractivity contribution in [3.63, 3.8) is 0 Å². The van der Waals surface area contributed by atoms with Gasteiger partial charge in [0, 0.05) is 13.2 Å². The molecule has 0 amide bonds. The summed E-state index contributed by atoms with van der Waals surface area (Å²) in [7, 11) is 1.73. The second-order valence-corrected chi connectivity index (χ2v) is 3.82. The lowest BCUT2D eigenvalue weighted by atomic mass is 10.1. The molecule has 0 aliphatic carbocycles. The first-order valence-corrected chi connectivity index (χ1v) is 6.08. The number of hydrogen-bond donors (Lipinski definition) is 0. The van der Waals surface area contributed by atoms with E-state index in [0.29, 0.717) is 0 Å². The van der Waals surface area contributed by atoms with Crippen molar-refractivity contribution in [3.8, 4) is 5.75 Å². The van der Waals surface area contributed by atoms with Crippen molar-refractivity contribution < 1.29 is 9.47 Å². The molecule has 0 N–H and O–H groups in total. The highest BCUT2D eigenvalue weighted by atomic mass is 16.5. The fraction of sp³-hybridized carbons (Fsp3) is 0.571. The van der Waals surface area contributed by atoms with E-state index in [9.17, 15) is 0 Å². The Morgan fingerprint density at radius 2 is 1.88 bits per heavy atom. The van der Waals surface area contributed by atoms with E-state index >= 15 is 0 Å². The lowest BCUT2D eigenvalue weighted by Crippen LogP contribution is -1.95. The molecule has 0 saturated carbocycles. The van der Waals surface area contributed by atoms with Crippen LogP contribution in [-0.4, -0.2) is 20.3 Å². The van der Waals surface area contributed by atoms with Gasteiger partial charge in [-0.15, -0.1) is 0 Å². The maximum absolute atomic E-state index is 5.32. The van der Waals surface area contributed by atoms with Crippen LogP contribution in [0.15, 0.2) is 24.3 Å². The van der Waals surface area contributed by atoms with Gasteiger partial charge in [-0.1, -0.05) is 24.6 Å². The van der Waals surface area contributed by atoms with Crippen LogP contribution in [0.1, 0.15) is 31.7 Å². The Morgan fingerprint density at radius 1 is 1.06 bits per heavy atom. The Bertz CT molecular complexity index is 284. The van der Waals surface area contributed by atoms with E-state index in [1.54, 1.807) is 7.11 Å². The molecule has 0 fully saturated rings. The molecule has 1 rings (SSSR count). The Hall–Kier alpha value is -1.02. The summed E-state index contributed by atoms with van der Waals surface area (Å²) < 4.78 is 10.6. The van der Waals surface area contributed by atoms with E-state index in [1.165, 1.54) is 18.4 Å². The highest BCUT2D eigenvalue weighted by molar-refractivity contribution is 5.33. The first-order valence-electron chi connectivity index (χ1n) is 6.08. The summed E-state index contributed by atoms with van der Waals surface area (Å²) in [5, 5.41) is 0. The molecular weight excluding hydrogens is 200 g/mol. The Morgan fingerprint density at radius 3 is 2.62 bits per heavy atom. The quantitative estimate of drug-likeness (QED) is 0.627. The molecule has 0 saturated heterocycles. The number of rotatable bonds is 8. The molecule has 0 bridgehead atoms. The second kappa shape index (κ2) is 8.17. The Labute approximate surface area is 98.6 Å². The van der Waals surface area contributed by atoms with E-state index in [4.69, 9.17) is 9.47 Å². The van der Waals surface area contributed by atoms with Crippen LogP contribution in [0.2, 0.25) is 0 Å². The molecule has 0 atom stereocenters. The monoisotopic (exact) mass is 222 g/mol. The number of aryl methyl sites for hydroxylation is 1. The minimum absolute atomic E-state index is 0.826. The van der Waals surface area contributed by atoms with E-state index in [2.05, 4.69) is 12.1 Å². The van der Waals surface area contributed by atoms with Gasteiger partial charge in [-0.2, -0.15) is 0 Å². The molecule has 2 heteroatoms. The third-order valence-electron chi connectivity index (χ3n) is 2.63. The van der Waals surface area contributed by atoms with Gasteiger partial charge in [0.05, 0.1) is 7.11 Å². The van der Waals surface area contributed by atoms with Crippen molar-refractivity contribution >= 4 is 0 Å². The minimum Gasteiger partial charge on any atom is -0.496 e. The van der Waals surface area contributed by atoms with Gasteiger partial charge in [0.25, 0.3) is 0 Å². The fourth-order valence-electron chi connectivity index (χ4n) is 1.75. The van der Waals surface area contributed by atoms with Crippen LogP contribution in [0.5, 0.6) is 5.75 Å². The van der Waals surface area contributed by atoms with Gasteiger partial charge in [-0.25, -0.2) is 0 Å². The summed E-state index contributed by atoms with van der Waals surface area (Å²) >= 11 is 0. The predicted molar refractivity (Wildman–Crippen MR) is 67.0 cm³/mol. The number of para-hydroxylation sites is 1. The van der Waals surface area contributed by atoms with Gasteiger partial charge in [0.2, 0.25) is 0 Å². The van der Waals surface area contributed by atoms with Crippen molar-refractivity contribution in [2.75, 3.05) is 20.3 Å². The van der Waals surface area contributed by atoms with E-state index in [1.807, 2.05) is 19.1 Å². The number of unbranched alkanes of at least 4 members (excludes halogenated alkanes) is 2. The molecule has 0 aliphatic heterocycles. The summed E-state index contributed by atoms with van der Waals surface area (Å²) in [4.78, 5) is 0. The molecule has 0 radical (unpaired) electrons. The second-order valence-electron chi connectivity index (χ2n) is 3.82. The van der Waals surface area contributed by atoms with Gasteiger partial charge in [-0.05, 0) is 37.8 Å². The zero-order valence-corrected chi connectivity index (χ0v) is 10.4. The molecule has 0 aromatic heterocycles. The first-order chi connectivity index (χ1) is 7.88. The third kappa shape index (κ3) is 4.67. The molecule has 1 aromatic rings. The van der Waals surface area contributed by atoms with Crippen LogP contribution in [0, 0.1) is 0 Å². The molecular formula is C14H22O2. The van der Waals surface area contributed by atoms with Gasteiger partial charge in [0.1, 0.15) is 5.75 Å². The van der Waals surface area contributed by atoms with Crippen LogP contribution >= 0.6 is 0 Å². The summed E-state index contributed by atoms with van der Waals surface area (Å²) in [5.41, 5.74) is 1.31. The van der Waals surface area contributed by atoms with Crippen molar-refractivity contribution in [2.45, 2.75) is 32.6 Å². The van der Waals surface area contributed by atoms with Crippen molar-refractivity contribution in [3.05, 3.63) is 29.8 Å². The van der Waals surface area contributed by atoms with Crippen LogP contribution in [0.25, 0.3) is 0 Å². The smallest absolute Gasteiger partial charge is 0.122 e. The number of methoxy groups -OCH3 is 1. The first kappa shape index (κ1) is 13.0. The molecule has 0 spiro atoms. The number of ether oxygens (including phenoxy) is 2. The molecule has 16 heavy (non-hydrogen) atoms. The highest BCUT2D eigenvalue weighted by Crippen LogP contribution is 2.19. The van der Waals surface area contributed by atoms with Crippen LogP contribution in [0.4, 0.5) is 0 Å². The predicted octanol–water partition coefficient (Wildman–Crippen LogP) is 3.44. The standard InChI is InChI=1S/C14H22O2/c1-3-16-12-8-4-5-9-13-10-6-7-11-14(13)15-2/h6-7,10-11H,3-5,8-9,12H2,1-2H3. The van der Waals surface area contributed by atoms with Crippen molar-refractivity contribution in [1.82, 2.24) is 0 Å². The van der Waals surface area contributed by atoms with Crippen LogP contribution in [0.3, 0.4) is 0 Å². The lowest BCUT2D eigenvalue weighted by molar-refractivity contribution is 0.143. The SMILES string of the molecule is CCOCCCCCc1ccccc1OC. The van der Waals surface area contributed by atoms with E-state index < -0.39 is 0 Å². The number of benzene rings is 1. The summed E-state index contributed by atoms with van der Waals surface area (Å²) in [6.07, 6.45) is 4.67. The molecule has 90 valence electrons. The van der Waals surface area contributed by atoms with Gasteiger partial charge < -0.3 is 9.47 Å². The van der Waals surface area contributed by atoms with E-state index in [-0.39, 0.29) is 0 Å². The molecule has 2 nitrogen and oxygen atoms in total. The summed E-state index contributed by atoms with van der Waals surface area (Å²) in [6, 6.07) is 8.24. The zero-order chi connectivity index (χ0) is 11.6. The Kier molecular flexibility index (Phi) is 6.66. The third-order valence-corrected chi connectivity index (χ3v) is 2.63. The largest absolute Gasteiger partial charge is 0.496 e. The van der Waals surface area contributed by atoms with Crippen LogP contribution in [-0.2, 0) is 11.2 Å². The molecule has 1 aromatic carbocycles.